The van der Waals surface area contributed by atoms with Crippen LogP contribution in [0.15, 0.2) is 18.2 Å². The molecule has 1 aromatic carbocycles. The van der Waals surface area contributed by atoms with Crippen molar-refractivity contribution in [1.29, 1.82) is 0 Å². The first-order chi connectivity index (χ1) is 15.8. The summed E-state index contributed by atoms with van der Waals surface area (Å²) in [6.45, 7) is 5.90. The van der Waals surface area contributed by atoms with Gasteiger partial charge in [-0.2, -0.15) is 0 Å². The van der Waals surface area contributed by atoms with Gasteiger partial charge in [-0.1, -0.05) is 26.7 Å². The van der Waals surface area contributed by atoms with Gasteiger partial charge >= 0.3 is 0 Å². The topological polar surface area (TPSA) is 105 Å². The summed E-state index contributed by atoms with van der Waals surface area (Å²) in [4.78, 5) is 49.5. The summed E-state index contributed by atoms with van der Waals surface area (Å²) in [5.74, 6) is 0.525. The van der Waals surface area contributed by atoms with Crippen molar-refractivity contribution in [2.75, 3.05) is 13.2 Å². The average Bonchev–Trinajstić information content (AvgIpc) is 3.09. The molecule has 1 aromatic rings. The maximum absolute atomic E-state index is 12.7. The number of piperidine rings is 1. The first-order valence-electron chi connectivity index (χ1n) is 12.0. The SMILES string of the molecule is CC(C)CCC(=O)NCCCCCCOc1ccc2c(c1)CN(C1CCC(=O)NC1=O)C2=O. The molecule has 0 bridgehead atoms. The van der Waals surface area contributed by atoms with Crippen LogP contribution in [-0.4, -0.2) is 47.7 Å². The molecule has 1 unspecified atom stereocenters. The minimum atomic E-state index is -0.605. The summed E-state index contributed by atoms with van der Waals surface area (Å²) in [5.41, 5.74) is 1.43. The maximum atomic E-state index is 12.7. The van der Waals surface area contributed by atoms with Gasteiger partial charge < -0.3 is 15.0 Å². The highest BCUT2D eigenvalue weighted by molar-refractivity contribution is 6.05. The van der Waals surface area contributed by atoms with Crippen LogP contribution in [-0.2, 0) is 20.9 Å². The second-order valence-corrected chi connectivity index (χ2v) is 9.26. The number of fused-ring (bicyclic) bond motifs is 1. The number of ether oxygens (including phenoxy) is 1. The predicted octanol–water partition coefficient (Wildman–Crippen LogP) is 2.94. The molecule has 0 aromatic heterocycles. The molecular formula is C25H35N3O5. The molecule has 0 aliphatic carbocycles. The van der Waals surface area contributed by atoms with Crippen molar-refractivity contribution in [3.05, 3.63) is 29.3 Å². The standard InChI is InChI=1S/C25H35N3O5/c1-17(2)7-11-22(29)26-13-5-3-4-6-14-33-19-8-9-20-18(15-19)16-28(25(20)32)21-10-12-23(30)27-24(21)31/h8-9,15,17,21H,3-7,10-14,16H2,1-2H3,(H,26,29)(H,27,30,31). The van der Waals surface area contributed by atoms with Crippen LogP contribution in [0, 0.1) is 5.92 Å². The fourth-order valence-corrected chi connectivity index (χ4v) is 4.15. The lowest BCUT2D eigenvalue weighted by Crippen LogP contribution is -2.52. The van der Waals surface area contributed by atoms with Gasteiger partial charge in [-0.3, -0.25) is 24.5 Å². The van der Waals surface area contributed by atoms with Crippen LogP contribution in [0.4, 0.5) is 0 Å². The van der Waals surface area contributed by atoms with Gasteiger partial charge in [0.25, 0.3) is 5.91 Å². The molecule has 2 N–H and O–H groups in total. The van der Waals surface area contributed by atoms with Crippen LogP contribution in [0.3, 0.4) is 0 Å². The fraction of sp³-hybridized carbons (Fsp3) is 0.600. The molecule has 0 saturated carbocycles. The van der Waals surface area contributed by atoms with E-state index in [0.29, 0.717) is 43.2 Å². The van der Waals surface area contributed by atoms with Crippen LogP contribution in [0.5, 0.6) is 5.75 Å². The largest absolute Gasteiger partial charge is 0.494 e. The highest BCUT2D eigenvalue weighted by Crippen LogP contribution is 2.30. The summed E-state index contributed by atoms with van der Waals surface area (Å²) in [6, 6.07) is 4.80. The van der Waals surface area contributed by atoms with E-state index in [1.807, 2.05) is 6.07 Å². The zero-order valence-electron chi connectivity index (χ0n) is 19.7. The molecule has 1 atom stereocenters. The summed E-state index contributed by atoms with van der Waals surface area (Å²) in [6.07, 6.45) is 6.06. The minimum Gasteiger partial charge on any atom is -0.494 e. The van der Waals surface area contributed by atoms with Gasteiger partial charge in [-0.25, -0.2) is 0 Å². The molecule has 0 radical (unpaired) electrons. The van der Waals surface area contributed by atoms with Gasteiger partial charge in [0.1, 0.15) is 11.8 Å². The third-order valence-corrected chi connectivity index (χ3v) is 6.11. The van der Waals surface area contributed by atoms with E-state index in [9.17, 15) is 19.2 Å². The highest BCUT2D eigenvalue weighted by atomic mass is 16.5. The Morgan fingerprint density at radius 1 is 1.18 bits per heavy atom. The highest BCUT2D eigenvalue weighted by Gasteiger charge is 2.39. The number of benzene rings is 1. The van der Waals surface area contributed by atoms with Crippen LogP contribution in [0.25, 0.3) is 0 Å². The molecule has 2 heterocycles. The van der Waals surface area contributed by atoms with E-state index in [0.717, 1.165) is 44.2 Å². The lowest BCUT2D eigenvalue weighted by Gasteiger charge is -2.29. The average molecular weight is 458 g/mol. The quantitative estimate of drug-likeness (QED) is 0.371. The number of hydrogen-bond donors (Lipinski definition) is 2. The Balaban J connectivity index is 1.34. The summed E-state index contributed by atoms with van der Waals surface area (Å²) >= 11 is 0. The number of unbranched alkanes of at least 4 members (excludes halogenated alkanes) is 3. The first-order valence-corrected chi connectivity index (χ1v) is 12.0. The zero-order chi connectivity index (χ0) is 23.8. The zero-order valence-corrected chi connectivity index (χ0v) is 19.7. The summed E-state index contributed by atoms with van der Waals surface area (Å²) < 4.78 is 5.86. The number of carbonyl (C=O) groups is 4. The molecule has 4 amide bonds. The Hall–Kier alpha value is -2.90. The van der Waals surface area contributed by atoms with E-state index in [-0.39, 0.29) is 24.1 Å². The molecule has 3 rings (SSSR count). The summed E-state index contributed by atoms with van der Waals surface area (Å²) in [5, 5.41) is 5.29. The summed E-state index contributed by atoms with van der Waals surface area (Å²) in [7, 11) is 0. The van der Waals surface area contributed by atoms with E-state index in [2.05, 4.69) is 24.5 Å². The van der Waals surface area contributed by atoms with Gasteiger partial charge in [0.05, 0.1) is 6.61 Å². The monoisotopic (exact) mass is 457 g/mol. The molecule has 1 fully saturated rings. The van der Waals surface area contributed by atoms with Crippen molar-refractivity contribution < 1.29 is 23.9 Å². The van der Waals surface area contributed by atoms with Crippen LogP contribution >= 0.6 is 0 Å². The number of rotatable bonds is 12. The van der Waals surface area contributed by atoms with E-state index in [4.69, 9.17) is 4.74 Å². The second-order valence-electron chi connectivity index (χ2n) is 9.26. The Kier molecular flexibility index (Phi) is 8.86. The van der Waals surface area contributed by atoms with Gasteiger partial charge in [0.2, 0.25) is 17.7 Å². The van der Waals surface area contributed by atoms with Crippen molar-refractivity contribution in [2.24, 2.45) is 5.92 Å². The van der Waals surface area contributed by atoms with Gasteiger partial charge in [-0.05, 0) is 55.4 Å². The number of amides is 4. The normalized spacial score (nSPS) is 17.8. The molecule has 33 heavy (non-hydrogen) atoms. The molecule has 180 valence electrons. The fourth-order valence-electron chi connectivity index (χ4n) is 4.15. The minimum absolute atomic E-state index is 0.137. The second kappa shape index (κ2) is 11.8. The maximum Gasteiger partial charge on any atom is 0.255 e. The van der Waals surface area contributed by atoms with Crippen LogP contribution in [0.2, 0.25) is 0 Å². The van der Waals surface area contributed by atoms with Crippen molar-refractivity contribution >= 4 is 23.6 Å². The Bertz CT molecular complexity index is 883. The van der Waals surface area contributed by atoms with E-state index in [1.165, 1.54) is 4.90 Å². The third-order valence-electron chi connectivity index (χ3n) is 6.11. The number of imide groups is 1. The first kappa shape index (κ1) is 24.7. The van der Waals surface area contributed by atoms with E-state index in [1.54, 1.807) is 12.1 Å². The van der Waals surface area contributed by atoms with Gasteiger partial charge in [-0.15, -0.1) is 0 Å². The number of nitrogens with zero attached hydrogens (tertiary/aromatic N) is 1. The van der Waals surface area contributed by atoms with Gasteiger partial charge in [0, 0.05) is 31.5 Å². The van der Waals surface area contributed by atoms with Crippen molar-refractivity contribution in [2.45, 2.75) is 77.8 Å². The lowest BCUT2D eigenvalue weighted by molar-refractivity contribution is -0.137. The molecular weight excluding hydrogens is 422 g/mol. The Labute approximate surface area is 195 Å². The number of carbonyl (C=O) groups excluding carboxylic acids is 4. The van der Waals surface area contributed by atoms with Crippen molar-refractivity contribution in [3.63, 3.8) is 0 Å². The van der Waals surface area contributed by atoms with E-state index >= 15 is 0 Å². The van der Waals surface area contributed by atoms with Crippen molar-refractivity contribution in [1.82, 2.24) is 15.5 Å². The smallest absolute Gasteiger partial charge is 0.255 e. The molecule has 1 saturated heterocycles. The Morgan fingerprint density at radius 3 is 2.73 bits per heavy atom. The molecule has 8 heteroatoms. The molecule has 8 nitrogen and oxygen atoms in total. The van der Waals surface area contributed by atoms with E-state index < -0.39 is 11.9 Å². The molecule has 0 spiro atoms. The van der Waals surface area contributed by atoms with Crippen LogP contribution < -0.4 is 15.4 Å². The van der Waals surface area contributed by atoms with Gasteiger partial charge in [0.15, 0.2) is 0 Å². The van der Waals surface area contributed by atoms with Crippen molar-refractivity contribution in [3.8, 4) is 5.75 Å². The lowest BCUT2D eigenvalue weighted by atomic mass is 10.0. The Morgan fingerprint density at radius 2 is 1.97 bits per heavy atom. The number of nitrogens with one attached hydrogen (secondary N) is 2. The molecule has 2 aliphatic heterocycles. The van der Waals surface area contributed by atoms with Crippen LogP contribution in [0.1, 0.15) is 81.1 Å². The molecule has 2 aliphatic rings. The predicted molar refractivity (Wildman–Crippen MR) is 124 cm³/mol. The third kappa shape index (κ3) is 7.04. The number of hydrogen-bond acceptors (Lipinski definition) is 5.